The van der Waals surface area contributed by atoms with Crippen LogP contribution in [-0.2, 0) is 11.3 Å². The number of unbranched alkanes of at least 4 members (excludes halogenated alkanes) is 2. The van der Waals surface area contributed by atoms with Crippen molar-refractivity contribution in [2.24, 2.45) is 0 Å². The van der Waals surface area contributed by atoms with Gasteiger partial charge in [-0.05, 0) is 99.2 Å². The predicted octanol–water partition coefficient (Wildman–Crippen LogP) is 8.02. The van der Waals surface area contributed by atoms with Gasteiger partial charge in [0.15, 0.2) is 12.3 Å². The average molecular weight is 1000 g/mol. The van der Waals surface area contributed by atoms with Crippen LogP contribution >= 0.6 is 0 Å². The third-order valence-electron chi connectivity index (χ3n) is 15.6. The highest BCUT2D eigenvalue weighted by Gasteiger charge is 2.43. The van der Waals surface area contributed by atoms with E-state index in [2.05, 4.69) is 25.0 Å². The Morgan fingerprint density at radius 1 is 0.622 bits per heavy atom. The normalized spacial score (nSPS) is 16.2. The Balaban J connectivity index is 0.851. The number of hydrogen-bond acceptors (Lipinski definition) is 10. The van der Waals surface area contributed by atoms with E-state index in [1.165, 1.54) is 21.6 Å². The molecule has 0 fully saturated rings. The molecule has 0 bridgehead atoms. The second-order valence-electron chi connectivity index (χ2n) is 19.6. The summed E-state index contributed by atoms with van der Waals surface area (Å²) in [6.45, 7) is 18.4. The Morgan fingerprint density at radius 3 is 1.69 bits per heavy atom. The summed E-state index contributed by atoms with van der Waals surface area (Å²) in [5.41, 5.74) is 3.17. The molecule has 3 aromatic carbocycles. The molecule has 4 aliphatic rings. The third kappa shape index (κ3) is 8.45. The zero-order chi connectivity index (χ0) is 52.9. The number of hydrogen-bond donors (Lipinski definition) is 1. The number of anilines is 1. The van der Waals surface area contributed by atoms with Gasteiger partial charge in [0.1, 0.15) is 12.3 Å². The summed E-state index contributed by atoms with van der Waals surface area (Å²) in [5.74, 6) is -1.37. The number of allylic oxidation sites excluding steroid dienone is 7. The molecular formula is C59H63N6O9+. The molecule has 0 saturated carbocycles. The predicted molar refractivity (Wildman–Crippen MR) is 289 cm³/mol. The highest BCUT2D eigenvalue weighted by Crippen LogP contribution is 2.40. The highest BCUT2D eigenvalue weighted by atomic mass is 16.3. The maximum Gasteiger partial charge on any atom is 0.261 e. The van der Waals surface area contributed by atoms with E-state index >= 15 is 0 Å². The molecule has 15 heteroatoms. The zero-order valence-corrected chi connectivity index (χ0v) is 43.1. The molecule has 3 amide bonds. The molecule has 0 spiro atoms. The number of nitrogens with zero attached hydrogens (tertiary/aromatic N) is 6. The first-order valence-electron chi connectivity index (χ1n) is 26.2. The van der Waals surface area contributed by atoms with Crippen molar-refractivity contribution in [3.8, 4) is 0 Å². The summed E-state index contributed by atoms with van der Waals surface area (Å²) in [7, 11) is 0. The molecule has 15 nitrogen and oxygen atoms in total. The SMILES string of the molecule is C=C1c2cc3c(cc2C(=O)N1CC[N+](CC)=C1C=CC(=C2C(=O)C(c4ccc(N(CC)CCn5c(=O)c6cc7c(=O)n(C(CC)CCCC)c(=O)c7cc6c5=O)cc4)=C2O)C=C1)C(=O)N(C(CC)CCCC)C3=O. The van der Waals surface area contributed by atoms with Gasteiger partial charge in [-0.15, -0.1) is 0 Å². The van der Waals surface area contributed by atoms with Gasteiger partial charge in [-0.3, -0.25) is 52.4 Å². The lowest BCUT2D eigenvalue weighted by Crippen LogP contribution is -2.39. The third-order valence-corrected chi connectivity index (χ3v) is 15.6. The van der Waals surface area contributed by atoms with E-state index in [1.54, 1.807) is 41.3 Å². The zero-order valence-electron chi connectivity index (χ0n) is 43.1. The van der Waals surface area contributed by atoms with E-state index in [1.807, 2.05) is 56.9 Å². The minimum absolute atomic E-state index is 0.0589. The first-order valence-corrected chi connectivity index (χ1v) is 26.2. The van der Waals surface area contributed by atoms with Gasteiger partial charge in [0.05, 0.1) is 55.9 Å². The second kappa shape index (κ2) is 20.6. The lowest BCUT2D eigenvalue weighted by atomic mass is 9.80. The van der Waals surface area contributed by atoms with Crippen LogP contribution in [-0.4, -0.2) is 96.6 Å². The van der Waals surface area contributed by atoms with Gasteiger partial charge in [-0.1, -0.05) is 72.1 Å². The number of ketones is 1. The number of benzene rings is 3. The summed E-state index contributed by atoms with van der Waals surface area (Å²) in [5, 5.41) is 11.8. The summed E-state index contributed by atoms with van der Waals surface area (Å²) in [6, 6.07) is 12.7. The van der Waals surface area contributed by atoms with Gasteiger partial charge < -0.3 is 14.9 Å². The van der Waals surface area contributed by atoms with Crippen molar-refractivity contribution in [2.75, 3.05) is 37.6 Å². The van der Waals surface area contributed by atoms with Crippen molar-refractivity contribution in [1.29, 1.82) is 0 Å². The maximum absolute atomic E-state index is 13.8. The van der Waals surface area contributed by atoms with Gasteiger partial charge in [0.2, 0.25) is 5.78 Å². The number of fused-ring (bicyclic) bond motifs is 4. The van der Waals surface area contributed by atoms with E-state index in [-0.39, 0.29) is 86.1 Å². The molecule has 2 unspecified atom stereocenters. The van der Waals surface area contributed by atoms with Crippen LogP contribution in [0.3, 0.4) is 0 Å². The summed E-state index contributed by atoms with van der Waals surface area (Å²) < 4.78 is 4.52. The van der Waals surface area contributed by atoms with Crippen molar-refractivity contribution in [2.45, 2.75) is 112 Å². The number of carbonyl (C=O) groups excluding carboxylic acids is 4. The topological polar surface area (TPSA) is 179 Å². The standard InChI is InChI=1S/C59H62N6O9/c1-8-14-16-37(10-3)64-56(71)45-30-41-34(7)62(53(68)42(41)31-46(45)57(64)72)28-26-60(12-5)39-22-18-35(19-23-39)49-51(66)50(52(49)67)36-20-24-40(25-21-36)61(13-6)27-29-63-54(69)43-32-47-48(33-44(43)55(63)70)59(74)65(58(47)73)38(11-4)17-15-9-2/h18-25,30-33,37-38H,7-17,26-29H2,1-6H3/p+1. The fraction of sp³-hybridized carbons (Fsp3) is 0.373. The molecular weight excluding hydrogens is 937 g/mol. The smallest absolute Gasteiger partial charge is 0.261 e. The Morgan fingerprint density at radius 2 is 1.16 bits per heavy atom. The molecule has 0 radical (unpaired) electrons. The fourth-order valence-corrected chi connectivity index (χ4v) is 11.2. The van der Waals surface area contributed by atoms with Crippen molar-refractivity contribution < 1.29 is 28.9 Å². The van der Waals surface area contributed by atoms with Crippen molar-refractivity contribution >= 4 is 67.7 Å². The molecule has 0 saturated heterocycles. The number of amides is 3. The van der Waals surface area contributed by atoms with Crippen LogP contribution in [0.1, 0.15) is 141 Å². The van der Waals surface area contributed by atoms with Crippen LogP contribution in [0.5, 0.6) is 0 Å². The number of carbonyl (C=O) groups is 4. The van der Waals surface area contributed by atoms with Crippen LogP contribution in [0.4, 0.5) is 5.69 Å². The van der Waals surface area contributed by atoms with Crippen LogP contribution in [0.2, 0.25) is 0 Å². The monoisotopic (exact) mass is 999 g/mol. The van der Waals surface area contributed by atoms with Crippen molar-refractivity contribution in [3.63, 3.8) is 0 Å². The molecule has 1 N–H and O–H groups in total. The quantitative estimate of drug-likeness (QED) is 0.0456. The number of aromatic nitrogens is 2. The van der Waals surface area contributed by atoms with E-state index in [9.17, 15) is 43.5 Å². The van der Waals surface area contributed by atoms with Crippen LogP contribution in [0.25, 0.3) is 32.8 Å². The molecule has 9 rings (SSSR count). The van der Waals surface area contributed by atoms with Gasteiger partial charge >= 0.3 is 0 Å². The fourth-order valence-electron chi connectivity index (χ4n) is 11.2. The second-order valence-corrected chi connectivity index (χ2v) is 19.6. The molecule has 74 heavy (non-hydrogen) atoms. The first kappa shape index (κ1) is 51.1. The van der Waals surface area contributed by atoms with E-state index in [0.29, 0.717) is 85.5 Å². The summed E-state index contributed by atoms with van der Waals surface area (Å²) in [4.78, 5) is 114. The van der Waals surface area contributed by atoms with Crippen LogP contribution in [0, 0.1) is 0 Å². The summed E-state index contributed by atoms with van der Waals surface area (Å²) in [6.07, 6.45) is 13.7. The lowest BCUT2D eigenvalue weighted by Gasteiger charge is -2.25. The van der Waals surface area contributed by atoms with Gasteiger partial charge in [-0.2, -0.15) is 0 Å². The molecule has 2 aromatic heterocycles. The van der Waals surface area contributed by atoms with Crippen LogP contribution in [0.15, 0.2) is 115 Å². The Labute approximate surface area is 428 Å². The Bertz CT molecular complexity index is 3440. The molecule has 4 heterocycles. The minimum atomic E-state index is -0.515. The number of aliphatic hydroxyl groups excluding tert-OH is 1. The molecule has 382 valence electrons. The van der Waals surface area contributed by atoms with E-state index < -0.39 is 22.2 Å². The summed E-state index contributed by atoms with van der Waals surface area (Å²) >= 11 is 0. The largest absolute Gasteiger partial charge is 0.506 e. The van der Waals surface area contributed by atoms with Gasteiger partial charge in [-0.25, -0.2) is 4.58 Å². The lowest BCUT2D eigenvalue weighted by molar-refractivity contribution is -0.522. The number of aliphatic hydroxyl groups is 1. The van der Waals surface area contributed by atoms with E-state index in [0.717, 1.165) is 48.1 Å². The van der Waals surface area contributed by atoms with Crippen molar-refractivity contribution in [3.05, 3.63) is 166 Å². The molecule has 2 aliphatic carbocycles. The number of Topliss-reactive ketones (excluding diaryl/α,β-unsaturated/α-hetero) is 1. The van der Waals surface area contributed by atoms with Gasteiger partial charge in [0, 0.05) is 60.8 Å². The molecule has 5 aromatic rings. The van der Waals surface area contributed by atoms with Crippen LogP contribution < -0.4 is 27.1 Å². The average Bonchev–Trinajstić information content (AvgIpc) is 3.99. The Kier molecular flexibility index (Phi) is 14.2. The van der Waals surface area contributed by atoms with Gasteiger partial charge in [0.25, 0.3) is 40.0 Å². The molecule has 2 atom stereocenters. The number of likely N-dealkylation sites (N-methyl/N-ethyl adjacent to an activating group) is 2. The number of imide groups is 1. The first-order chi connectivity index (χ1) is 35.6. The maximum atomic E-state index is 13.8. The highest BCUT2D eigenvalue weighted by molar-refractivity contribution is 6.39. The Hall–Kier alpha value is -7.81. The van der Waals surface area contributed by atoms with Crippen molar-refractivity contribution in [1.82, 2.24) is 18.9 Å². The number of rotatable bonds is 20. The minimum Gasteiger partial charge on any atom is -0.506 e. The molecule has 2 aliphatic heterocycles. The van der Waals surface area contributed by atoms with E-state index in [4.69, 9.17) is 0 Å².